The minimum Gasteiger partial charge on any atom is -0.342 e. The van der Waals surface area contributed by atoms with Crippen LogP contribution in [0.25, 0.3) is 16.9 Å². The summed E-state index contributed by atoms with van der Waals surface area (Å²) in [5.41, 5.74) is 3.98. The fraction of sp³-hybridized carbons (Fsp3) is 0.294. The zero-order valence-corrected chi connectivity index (χ0v) is 13.5. The van der Waals surface area contributed by atoms with Gasteiger partial charge in [0.05, 0.1) is 11.9 Å². The van der Waals surface area contributed by atoms with Crippen molar-refractivity contribution in [2.75, 3.05) is 13.6 Å². The number of carbonyl (C=O) groups is 1. The minimum atomic E-state index is 0.0326. The van der Waals surface area contributed by atoms with E-state index in [9.17, 15) is 4.79 Å². The molecule has 0 saturated heterocycles. The minimum absolute atomic E-state index is 0.0326. The number of hydrogen-bond donors (Lipinski definition) is 0. The topological polar surface area (TPSA) is 63.9 Å². The van der Waals surface area contributed by atoms with Crippen LogP contribution in [0.4, 0.5) is 0 Å². The Hall–Kier alpha value is -2.76. The molecule has 0 N–H and O–H groups in total. The Morgan fingerprint density at radius 1 is 1.30 bits per heavy atom. The molecule has 0 radical (unpaired) electrons. The molecule has 1 amide bonds. The standard InChI is InChI=1S/C17H19N5O/c1-4-8-21(3)17(23)13-6-5-7-15(12(13)2)22-11-20-14-9-18-10-19-16(14)22/h5-7,9-11H,4,8H2,1-3H3. The van der Waals surface area contributed by atoms with Crippen LogP contribution in [0, 0.1) is 6.92 Å². The summed E-state index contributed by atoms with van der Waals surface area (Å²) in [5, 5.41) is 0. The van der Waals surface area contributed by atoms with E-state index in [4.69, 9.17) is 0 Å². The summed E-state index contributed by atoms with van der Waals surface area (Å²) in [6.07, 6.45) is 5.83. The van der Waals surface area contributed by atoms with E-state index in [1.54, 1.807) is 17.4 Å². The third-order valence-corrected chi connectivity index (χ3v) is 3.91. The predicted molar refractivity (Wildman–Crippen MR) is 88.6 cm³/mol. The number of aromatic nitrogens is 4. The van der Waals surface area contributed by atoms with Crippen molar-refractivity contribution in [3.8, 4) is 5.69 Å². The average molecular weight is 309 g/mol. The zero-order valence-electron chi connectivity index (χ0n) is 13.5. The Balaban J connectivity index is 2.08. The van der Waals surface area contributed by atoms with Crippen LogP contribution in [-0.2, 0) is 0 Å². The number of hydrogen-bond acceptors (Lipinski definition) is 4. The van der Waals surface area contributed by atoms with Crippen molar-refractivity contribution >= 4 is 17.1 Å². The summed E-state index contributed by atoms with van der Waals surface area (Å²) in [7, 11) is 1.83. The fourth-order valence-corrected chi connectivity index (χ4v) is 2.70. The van der Waals surface area contributed by atoms with E-state index >= 15 is 0 Å². The first-order valence-electron chi connectivity index (χ1n) is 7.62. The maximum Gasteiger partial charge on any atom is 0.253 e. The van der Waals surface area contributed by atoms with Crippen molar-refractivity contribution in [2.45, 2.75) is 20.3 Å². The molecule has 0 unspecified atom stereocenters. The SMILES string of the molecule is CCCN(C)C(=O)c1cccc(-n2cnc3cncnc32)c1C. The summed E-state index contributed by atoms with van der Waals surface area (Å²) in [6.45, 7) is 4.75. The normalized spacial score (nSPS) is 10.9. The van der Waals surface area contributed by atoms with E-state index in [1.807, 2.05) is 36.7 Å². The Morgan fingerprint density at radius 3 is 2.91 bits per heavy atom. The lowest BCUT2D eigenvalue weighted by Crippen LogP contribution is -2.28. The molecule has 3 aromatic rings. The molecule has 0 bridgehead atoms. The lowest BCUT2D eigenvalue weighted by Gasteiger charge is -2.19. The van der Waals surface area contributed by atoms with E-state index in [-0.39, 0.29) is 5.91 Å². The van der Waals surface area contributed by atoms with Crippen LogP contribution in [0.3, 0.4) is 0 Å². The van der Waals surface area contributed by atoms with Crippen LogP contribution >= 0.6 is 0 Å². The van der Waals surface area contributed by atoms with Crippen molar-refractivity contribution in [1.82, 2.24) is 24.4 Å². The summed E-state index contributed by atoms with van der Waals surface area (Å²) >= 11 is 0. The van der Waals surface area contributed by atoms with Gasteiger partial charge in [0.1, 0.15) is 18.2 Å². The first-order chi connectivity index (χ1) is 11.1. The number of fused-ring (bicyclic) bond motifs is 1. The van der Waals surface area contributed by atoms with Crippen molar-refractivity contribution in [3.63, 3.8) is 0 Å². The van der Waals surface area contributed by atoms with Gasteiger partial charge < -0.3 is 4.90 Å². The molecule has 0 spiro atoms. The smallest absolute Gasteiger partial charge is 0.253 e. The highest BCUT2D eigenvalue weighted by Crippen LogP contribution is 2.22. The van der Waals surface area contributed by atoms with Gasteiger partial charge in [0.15, 0.2) is 5.65 Å². The van der Waals surface area contributed by atoms with Crippen LogP contribution < -0.4 is 0 Å². The fourth-order valence-electron chi connectivity index (χ4n) is 2.70. The van der Waals surface area contributed by atoms with E-state index in [1.165, 1.54) is 6.33 Å². The third kappa shape index (κ3) is 2.67. The van der Waals surface area contributed by atoms with Gasteiger partial charge in [-0.3, -0.25) is 9.36 Å². The predicted octanol–water partition coefficient (Wildman–Crippen LogP) is 2.61. The molecule has 0 atom stereocenters. The maximum absolute atomic E-state index is 12.6. The molecule has 0 aliphatic carbocycles. The molecular weight excluding hydrogens is 290 g/mol. The van der Waals surface area contributed by atoms with Crippen LogP contribution in [0.1, 0.15) is 29.3 Å². The second-order valence-corrected chi connectivity index (χ2v) is 5.52. The monoisotopic (exact) mass is 309 g/mol. The largest absolute Gasteiger partial charge is 0.342 e. The van der Waals surface area contributed by atoms with Crippen LogP contribution in [0.5, 0.6) is 0 Å². The highest BCUT2D eigenvalue weighted by atomic mass is 16.2. The number of imidazole rings is 1. The van der Waals surface area contributed by atoms with Crippen molar-refractivity contribution < 1.29 is 4.79 Å². The number of nitrogens with zero attached hydrogens (tertiary/aromatic N) is 5. The van der Waals surface area contributed by atoms with Gasteiger partial charge >= 0.3 is 0 Å². The quantitative estimate of drug-likeness (QED) is 0.743. The first-order valence-corrected chi connectivity index (χ1v) is 7.62. The molecule has 6 heteroatoms. The van der Waals surface area contributed by atoms with Gasteiger partial charge in [-0.05, 0) is 31.0 Å². The lowest BCUT2D eigenvalue weighted by molar-refractivity contribution is 0.0794. The molecule has 0 saturated carbocycles. The Labute approximate surface area is 134 Å². The van der Waals surface area contributed by atoms with E-state index in [2.05, 4.69) is 21.9 Å². The van der Waals surface area contributed by atoms with Crippen molar-refractivity contribution in [1.29, 1.82) is 0 Å². The second kappa shape index (κ2) is 6.16. The molecule has 2 heterocycles. The Bertz CT molecular complexity index is 855. The molecule has 0 aliphatic heterocycles. The lowest BCUT2D eigenvalue weighted by atomic mass is 10.1. The number of benzene rings is 1. The van der Waals surface area contributed by atoms with Gasteiger partial charge in [-0.15, -0.1) is 0 Å². The summed E-state index contributed by atoms with van der Waals surface area (Å²) in [6, 6.07) is 5.72. The Morgan fingerprint density at radius 2 is 2.13 bits per heavy atom. The van der Waals surface area contributed by atoms with Crippen LogP contribution in [0.2, 0.25) is 0 Å². The molecule has 118 valence electrons. The van der Waals surface area contributed by atoms with E-state index < -0.39 is 0 Å². The third-order valence-electron chi connectivity index (χ3n) is 3.91. The molecule has 6 nitrogen and oxygen atoms in total. The van der Waals surface area contributed by atoms with Crippen LogP contribution in [-0.4, -0.2) is 43.9 Å². The first kappa shape index (κ1) is 15.1. The van der Waals surface area contributed by atoms with Gasteiger partial charge in [0.2, 0.25) is 0 Å². The zero-order chi connectivity index (χ0) is 16.4. The number of carbonyl (C=O) groups excluding carboxylic acids is 1. The maximum atomic E-state index is 12.6. The summed E-state index contributed by atoms with van der Waals surface area (Å²) in [4.78, 5) is 27.0. The molecule has 23 heavy (non-hydrogen) atoms. The highest BCUT2D eigenvalue weighted by molar-refractivity contribution is 5.96. The van der Waals surface area contributed by atoms with E-state index in [0.717, 1.165) is 35.4 Å². The van der Waals surface area contributed by atoms with Gasteiger partial charge in [0, 0.05) is 19.2 Å². The van der Waals surface area contributed by atoms with Gasteiger partial charge in [-0.25, -0.2) is 15.0 Å². The second-order valence-electron chi connectivity index (χ2n) is 5.52. The molecule has 0 fully saturated rings. The van der Waals surface area contributed by atoms with E-state index in [0.29, 0.717) is 5.56 Å². The average Bonchev–Trinajstić information content (AvgIpc) is 2.98. The van der Waals surface area contributed by atoms with Gasteiger partial charge in [0.25, 0.3) is 5.91 Å². The Kier molecular flexibility index (Phi) is 4.06. The van der Waals surface area contributed by atoms with Crippen LogP contribution in [0.15, 0.2) is 37.1 Å². The number of amides is 1. The van der Waals surface area contributed by atoms with Crippen molar-refractivity contribution in [3.05, 3.63) is 48.2 Å². The molecule has 3 rings (SSSR count). The molecular formula is C17H19N5O. The highest BCUT2D eigenvalue weighted by Gasteiger charge is 2.17. The van der Waals surface area contributed by atoms with Gasteiger partial charge in [-0.2, -0.15) is 0 Å². The molecule has 2 aromatic heterocycles. The number of rotatable bonds is 4. The molecule has 1 aromatic carbocycles. The molecule has 0 aliphatic rings. The summed E-state index contributed by atoms with van der Waals surface area (Å²) < 4.78 is 1.89. The van der Waals surface area contributed by atoms with Gasteiger partial charge in [-0.1, -0.05) is 13.0 Å². The summed E-state index contributed by atoms with van der Waals surface area (Å²) in [5.74, 6) is 0.0326. The van der Waals surface area contributed by atoms with Crippen molar-refractivity contribution in [2.24, 2.45) is 0 Å².